The SMILES string of the molecule is CNc1ccc(C(=O)Nc2c(F)cc(Br)cc2F)cc1C. The quantitative estimate of drug-likeness (QED) is 0.861. The number of anilines is 2. The van der Waals surface area contributed by atoms with Crippen molar-refractivity contribution in [3.8, 4) is 0 Å². The van der Waals surface area contributed by atoms with Crippen molar-refractivity contribution in [3.05, 3.63) is 57.6 Å². The number of rotatable bonds is 3. The summed E-state index contributed by atoms with van der Waals surface area (Å²) in [4.78, 5) is 12.1. The van der Waals surface area contributed by atoms with Gasteiger partial charge in [0, 0.05) is 22.8 Å². The Morgan fingerprint density at radius 1 is 1.14 bits per heavy atom. The van der Waals surface area contributed by atoms with Crippen LogP contribution in [0.1, 0.15) is 15.9 Å². The van der Waals surface area contributed by atoms with Gasteiger partial charge in [-0.25, -0.2) is 8.78 Å². The molecule has 0 bridgehead atoms. The molecule has 2 aromatic carbocycles. The zero-order valence-electron chi connectivity index (χ0n) is 11.4. The topological polar surface area (TPSA) is 41.1 Å². The molecule has 0 aliphatic rings. The molecule has 1 amide bonds. The lowest BCUT2D eigenvalue weighted by Crippen LogP contribution is -2.14. The Hall–Kier alpha value is -1.95. The van der Waals surface area contributed by atoms with Gasteiger partial charge in [-0.2, -0.15) is 0 Å². The Morgan fingerprint density at radius 3 is 2.29 bits per heavy atom. The molecule has 6 heteroatoms. The normalized spacial score (nSPS) is 10.3. The maximum Gasteiger partial charge on any atom is 0.255 e. The maximum atomic E-state index is 13.7. The number of benzene rings is 2. The summed E-state index contributed by atoms with van der Waals surface area (Å²) >= 11 is 2.98. The summed E-state index contributed by atoms with van der Waals surface area (Å²) in [6.07, 6.45) is 0. The van der Waals surface area contributed by atoms with Gasteiger partial charge in [0.25, 0.3) is 5.91 Å². The van der Waals surface area contributed by atoms with E-state index in [1.807, 2.05) is 6.92 Å². The Labute approximate surface area is 129 Å². The number of hydrogen-bond acceptors (Lipinski definition) is 2. The Kier molecular flexibility index (Phi) is 4.57. The highest BCUT2D eigenvalue weighted by atomic mass is 79.9. The minimum atomic E-state index is -0.834. The zero-order chi connectivity index (χ0) is 15.6. The summed E-state index contributed by atoms with van der Waals surface area (Å²) in [7, 11) is 1.77. The molecule has 0 aliphatic carbocycles. The van der Waals surface area contributed by atoms with Crippen LogP contribution in [0, 0.1) is 18.6 Å². The molecule has 2 rings (SSSR count). The van der Waals surface area contributed by atoms with Gasteiger partial charge < -0.3 is 10.6 Å². The monoisotopic (exact) mass is 354 g/mol. The van der Waals surface area contributed by atoms with E-state index in [2.05, 4.69) is 26.6 Å². The molecular formula is C15H13BrF2N2O. The first kappa shape index (κ1) is 15.4. The summed E-state index contributed by atoms with van der Waals surface area (Å²) in [5.41, 5.74) is 1.61. The number of aryl methyl sites for hydroxylation is 1. The second-order valence-corrected chi connectivity index (χ2v) is 5.39. The average molecular weight is 355 g/mol. The molecular weight excluding hydrogens is 342 g/mol. The zero-order valence-corrected chi connectivity index (χ0v) is 13.0. The van der Waals surface area contributed by atoms with Crippen molar-refractivity contribution in [1.82, 2.24) is 0 Å². The van der Waals surface area contributed by atoms with Gasteiger partial charge in [-0.15, -0.1) is 0 Å². The Bertz CT molecular complexity index is 681. The van der Waals surface area contributed by atoms with Crippen LogP contribution in [0.2, 0.25) is 0 Å². The summed E-state index contributed by atoms with van der Waals surface area (Å²) < 4.78 is 27.6. The van der Waals surface area contributed by atoms with Gasteiger partial charge >= 0.3 is 0 Å². The molecule has 0 heterocycles. The van der Waals surface area contributed by atoms with E-state index in [4.69, 9.17) is 0 Å². The van der Waals surface area contributed by atoms with Gasteiger partial charge in [0.1, 0.15) is 5.69 Å². The summed E-state index contributed by atoms with van der Waals surface area (Å²) in [6, 6.07) is 7.15. The standard InChI is InChI=1S/C15H13BrF2N2O/c1-8-5-9(3-4-13(8)19-2)15(21)20-14-11(17)6-10(16)7-12(14)18/h3-7,19H,1-2H3,(H,20,21). The van der Waals surface area contributed by atoms with E-state index < -0.39 is 23.2 Å². The fourth-order valence-electron chi connectivity index (χ4n) is 1.93. The molecule has 2 N–H and O–H groups in total. The molecule has 110 valence electrons. The van der Waals surface area contributed by atoms with Crippen LogP contribution >= 0.6 is 15.9 Å². The van der Waals surface area contributed by atoms with Crippen LogP contribution in [-0.4, -0.2) is 13.0 Å². The fraction of sp³-hybridized carbons (Fsp3) is 0.133. The van der Waals surface area contributed by atoms with E-state index >= 15 is 0 Å². The number of carbonyl (C=O) groups excluding carboxylic acids is 1. The molecule has 2 aromatic rings. The first-order valence-electron chi connectivity index (χ1n) is 6.16. The molecule has 3 nitrogen and oxygen atoms in total. The number of nitrogens with one attached hydrogen (secondary N) is 2. The lowest BCUT2D eigenvalue weighted by molar-refractivity contribution is 0.102. The molecule has 0 fully saturated rings. The molecule has 0 aromatic heterocycles. The van der Waals surface area contributed by atoms with E-state index in [-0.39, 0.29) is 4.47 Å². The van der Waals surface area contributed by atoms with Gasteiger partial charge in [-0.1, -0.05) is 15.9 Å². The number of hydrogen-bond donors (Lipinski definition) is 2. The number of carbonyl (C=O) groups is 1. The van der Waals surface area contributed by atoms with Crippen LogP contribution in [-0.2, 0) is 0 Å². The lowest BCUT2D eigenvalue weighted by atomic mass is 10.1. The minimum Gasteiger partial charge on any atom is -0.388 e. The van der Waals surface area contributed by atoms with E-state index in [0.717, 1.165) is 23.4 Å². The predicted octanol–water partition coefficient (Wildman–Crippen LogP) is 4.33. The molecule has 0 atom stereocenters. The van der Waals surface area contributed by atoms with Crippen molar-refractivity contribution in [2.75, 3.05) is 17.7 Å². The van der Waals surface area contributed by atoms with Crippen LogP contribution in [0.25, 0.3) is 0 Å². The van der Waals surface area contributed by atoms with Crippen molar-refractivity contribution >= 4 is 33.2 Å². The lowest BCUT2D eigenvalue weighted by Gasteiger charge is -2.10. The minimum absolute atomic E-state index is 0.268. The van der Waals surface area contributed by atoms with Crippen LogP contribution in [0.4, 0.5) is 20.2 Å². The van der Waals surface area contributed by atoms with Gasteiger partial charge in [-0.05, 0) is 42.8 Å². The van der Waals surface area contributed by atoms with Gasteiger partial charge in [0.15, 0.2) is 11.6 Å². The molecule has 0 saturated heterocycles. The Morgan fingerprint density at radius 2 is 1.76 bits per heavy atom. The molecule has 21 heavy (non-hydrogen) atoms. The second kappa shape index (κ2) is 6.22. The fourth-order valence-corrected chi connectivity index (χ4v) is 2.33. The van der Waals surface area contributed by atoms with Crippen LogP contribution in [0.5, 0.6) is 0 Å². The molecule has 0 saturated carbocycles. The highest BCUT2D eigenvalue weighted by Crippen LogP contribution is 2.24. The van der Waals surface area contributed by atoms with E-state index in [0.29, 0.717) is 5.56 Å². The van der Waals surface area contributed by atoms with E-state index in [1.54, 1.807) is 25.2 Å². The third-order valence-electron chi connectivity index (χ3n) is 3.00. The highest BCUT2D eigenvalue weighted by molar-refractivity contribution is 9.10. The third-order valence-corrected chi connectivity index (χ3v) is 3.46. The van der Waals surface area contributed by atoms with Crippen LogP contribution < -0.4 is 10.6 Å². The Balaban J connectivity index is 2.28. The summed E-state index contributed by atoms with van der Waals surface area (Å²) in [5.74, 6) is -2.24. The molecule has 0 unspecified atom stereocenters. The maximum absolute atomic E-state index is 13.7. The predicted molar refractivity (Wildman–Crippen MR) is 82.7 cm³/mol. The molecule has 0 aliphatic heterocycles. The van der Waals surface area contributed by atoms with E-state index in [9.17, 15) is 13.6 Å². The van der Waals surface area contributed by atoms with Gasteiger partial charge in [-0.3, -0.25) is 4.79 Å². The smallest absolute Gasteiger partial charge is 0.255 e. The van der Waals surface area contributed by atoms with Crippen molar-refractivity contribution in [2.45, 2.75) is 6.92 Å². The third kappa shape index (κ3) is 3.39. The van der Waals surface area contributed by atoms with E-state index in [1.165, 1.54) is 0 Å². The molecule has 0 spiro atoms. The van der Waals surface area contributed by atoms with Crippen molar-refractivity contribution < 1.29 is 13.6 Å². The summed E-state index contributed by atoms with van der Waals surface area (Å²) in [6.45, 7) is 1.84. The van der Waals surface area contributed by atoms with Gasteiger partial charge in [0.05, 0.1) is 0 Å². The first-order chi connectivity index (χ1) is 9.92. The summed E-state index contributed by atoms with van der Waals surface area (Å²) in [5, 5.41) is 5.24. The van der Waals surface area contributed by atoms with Crippen molar-refractivity contribution in [2.24, 2.45) is 0 Å². The number of amides is 1. The van der Waals surface area contributed by atoms with Crippen molar-refractivity contribution in [3.63, 3.8) is 0 Å². The second-order valence-electron chi connectivity index (χ2n) is 4.48. The van der Waals surface area contributed by atoms with Gasteiger partial charge in [0.2, 0.25) is 0 Å². The first-order valence-corrected chi connectivity index (χ1v) is 6.96. The highest BCUT2D eigenvalue weighted by Gasteiger charge is 2.15. The van der Waals surface area contributed by atoms with Crippen LogP contribution in [0.15, 0.2) is 34.8 Å². The van der Waals surface area contributed by atoms with Crippen molar-refractivity contribution in [1.29, 1.82) is 0 Å². The van der Waals surface area contributed by atoms with Crippen LogP contribution in [0.3, 0.4) is 0 Å². The number of halogens is 3. The molecule has 0 radical (unpaired) electrons. The average Bonchev–Trinajstić information content (AvgIpc) is 2.42. The largest absolute Gasteiger partial charge is 0.388 e.